The van der Waals surface area contributed by atoms with E-state index in [0.29, 0.717) is 11.1 Å². The lowest BCUT2D eigenvalue weighted by Gasteiger charge is -2.21. The number of benzene rings is 2. The van der Waals surface area contributed by atoms with Crippen LogP contribution in [0.3, 0.4) is 0 Å². The summed E-state index contributed by atoms with van der Waals surface area (Å²) in [6, 6.07) is 10.0. The largest absolute Gasteiger partial charge is 0.478 e. The molecule has 0 radical (unpaired) electrons. The third-order valence-corrected chi connectivity index (χ3v) is 5.78. The number of hydrogen-bond acceptors (Lipinski definition) is 4. The van der Waals surface area contributed by atoms with Crippen LogP contribution in [0.1, 0.15) is 21.5 Å². The number of nitrogens with zero attached hydrogens (tertiary/aromatic N) is 2. The van der Waals surface area contributed by atoms with Crippen molar-refractivity contribution in [3.63, 3.8) is 0 Å². The Morgan fingerprint density at radius 2 is 2.00 bits per heavy atom. The van der Waals surface area contributed by atoms with E-state index < -0.39 is 29.7 Å². The molecule has 0 spiro atoms. The number of aryl methyl sites for hydroxylation is 2. The van der Waals surface area contributed by atoms with Crippen LogP contribution in [0.25, 0.3) is 16.5 Å². The first-order chi connectivity index (χ1) is 15.3. The summed E-state index contributed by atoms with van der Waals surface area (Å²) in [7, 11) is 1.90. The van der Waals surface area contributed by atoms with E-state index in [4.69, 9.17) is 4.74 Å². The van der Waals surface area contributed by atoms with Crippen molar-refractivity contribution in [3.05, 3.63) is 83.1 Å². The zero-order chi connectivity index (χ0) is 22.6. The number of allylic oxidation sites excluding steroid dienone is 2. The molecule has 2 atom stereocenters. The normalized spacial score (nSPS) is 20.0. The molecular weight excluding hydrogens is 416 g/mol. The summed E-state index contributed by atoms with van der Waals surface area (Å²) in [4.78, 5) is 15.6. The zero-order valence-electron chi connectivity index (χ0n) is 17.3. The Morgan fingerprint density at radius 3 is 2.78 bits per heavy atom. The lowest BCUT2D eigenvalue weighted by atomic mass is 9.92. The van der Waals surface area contributed by atoms with Crippen molar-refractivity contribution in [1.82, 2.24) is 9.88 Å². The van der Waals surface area contributed by atoms with E-state index >= 15 is 4.39 Å². The minimum absolute atomic E-state index is 0.000784. The number of rotatable bonds is 3. The van der Waals surface area contributed by atoms with E-state index in [2.05, 4.69) is 10.3 Å². The Balaban J connectivity index is 1.47. The Kier molecular flexibility index (Phi) is 4.58. The van der Waals surface area contributed by atoms with Crippen molar-refractivity contribution >= 4 is 28.5 Å². The van der Waals surface area contributed by atoms with Crippen LogP contribution in [0.2, 0.25) is 0 Å². The quantitative estimate of drug-likeness (QED) is 0.635. The molecule has 5 rings (SSSR count). The number of fused-ring (bicyclic) bond motifs is 2. The second-order valence-corrected chi connectivity index (χ2v) is 7.87. The van der Waals surface area contributed by atoms with Gasteiger partial charge in [0, 0.05) is 24.1 Å². The van der Waals surface area contributed by atoms with E-state index in [0.717, 1.165) is 10.9 Å². The third kappa shape index (κ3) is 3.24. The molecule has 2 aromatic carbocycles. The Bertz CT molecular complexity index is 1370. The SMILES string of the molecule is Cc1ccc(OC2=NC3C(F)=C(c4ccc5c(ccn5C)c4)C(F)=CC3N2)cc1C(=O)O. The maximum absolute atomic E-state index is 15.4. The molecular formula is C24H19F2N3O3. The molecule has 0 amide bonds. The van der Waals surface area contributed by atoms with E-state index in [1.54, 1.807) is 31.2 Å². The molecule has 0 bridgehead atoms. The zero-order valence-corrected chi connectivity index (χ0v) is 17.3. The van der Waals surface area contributed by atoms with Gasteiger partial charge in [-0.1, -0.05) is 12.1 Å². The van der Waals surface area contributed by atoms with Gasteiger partial charge in [0.2, 0.25) is 0 Å². The molecule has 0 saturated carbocycles. The summed E-state index contributed by atoms with van der Waals surface area (Å²) in [6.07, 6.45) is 3.17. The molecule has 2 aliphatic rings. The first kappa shape index (κ1) is 20.0. The second kappa shape index (κ2) is 7.33. The number of carbonyl (C=O) groups is 1. The smallest absolute Gasteiger partial charge is 0.336 e. The van der Waals surface area contributed by atoms with Gasteiger partial charge < -0.3 is 19.7 Å². The van der Waals surface area contributed by atoms with Crippen molar-refractivity contribution in [3.8, 4) is 5.75 Å². The van der Waals surface area contributed by atoms with Gasteiger partial charge >= 0.3 is 5.97 Å². The molecule has 2 N–H and O–H groups in total. The molecule has 0 saturated heterocycles. The van der Waals surface area contributed by atoms with Gasteiger partial charge in [0.1, 0.15) is 23.4 Å². The summed E-state index contributed by atoms with van der Waals surface area (Å²) in [5, 5.41) is 13.0. The van der Waals surface area contributed by atoms with Crippen LogP contribution in [0.5, 0.6) is 5.75 Å². The number of amidine groups is 1. The topological polar surface area (TPSA) is 75.8 Å². The second-order valence-electron chi connectivity index (χ2n) is 7.87. The van der Waals surface area contributed by atoms with Crippen LogP contribution < -0.4 is 10.1 Å². The molecule has 1 aliphatic heterocycles. The van der Waals surface area contributed by atoms with Crippen molar-refractivity contribution in [2.24, 2.45) is 12.0 Å². The lowest BCUT2D eigenvalue weighted by Crippen LogP contribution is -2.37. The highest BCUT2D eigenvalue weighted by Crippen LogP contribution is 2.39. The maximum atomic E-state index is 15.4. The van der Waals surface area contributed by atoms with Crippen molar-refractivity contribution < 1.29 is 23.4 Å². The van der Waals surface area contributed by atoms with Crippen molar-refractivity contribution in [2.45, 2.75) is 19.0 Å². The Labute approximate surface area is 182 Å². The van der Waals surface area contributed by atoms with Crippen molar-refractivity contribution in [1.29, 1.82) is 0 Å². The molecule has 3 aromatic rings. The third-order valence-electron chi connectivity index (χ3n) is 5.78. The van der Waals surface area contributed by atoms with Gasteiger partial charge in [0.05, 0.1) is 17.2 Å². The van der Waals surface area contributed by atoms with Gasteiger partial charge in [-0.05, 0) is 54.5 Å². The van der Waals surface area contributed by atoms with Crippen LogP contribution in [0.15, 0.2) is 71.4 Å². The van der Waals surface area contributed by atoms with E-state index in [1.165, 1.54) is 12.1 Å². The van der Waals surface area contributed by atoms with E-state index in [9.17, 15) is 14.3 Å². The van der Waals surface area contributed by atoms with Crippen LogP contribution in [0, 0.1) is 6.92 Å². The van der Waals surface area contributed by atoms with Gasteiger partial charge in [-0.3, -0.25) is 0 Å². The minimum Gasteiger partial charge on any atom is -0.478 e. The fourth-order valence-electron chi connectivity index (χ4n) is 4.09. The molecule has 2 heterocycles. The average molecular weight is 435 g/mol. The summed E-state index contributed by atoms with van der Waals surface area (Å²) in [6.45, 7) is 1.68. The first-order valence-electron chi connectivity index (χ1n) is 10.0. The van der Waals surface area contributed by atoms with Crippen molar-refractivity contribution in [2.75, 3.05) is 0 Å². The number of hydrogen-bond donors (Lipinski definition) is 2. The van der Waals surface area contributed by atoms with Gasteiger partial charge in [0.15, 0.2) is 0 Å². The predicted octanol–water partition coefficient (Wildman–Crippen LogP) is 4.51. The summed E-state index contributed by atoms with van der Waals surface area (Å²) in [5.41, 5.74) is 1.95. The number of aromatic carboxylic acids is 1. The highest BCUT2D eigenvalue weighted by atomic mass is 19.1. The standard InChI is InChI=1S/C24H19F2N3O3/c1-12-3-5-15(10-16(12)23(30)31)32-24-27-18-11-17(25)20(21(26)22(18)28-24)14-4-6-19-13(9-14)7-8-29(19)2/h3-11,18,22H,1-2H3,(H,27,28)(H,30,31). The molecule has 32 heavy (non-hydrogen) atoms. The molecule has 1 aliphatic carbocycles. The van der Waals surface area contributed by atoms with Gasteiger partial charge in [0.25, 0.3) is 6.02 Å². The number of carboxylic acids is 1. The molecule has 162 valence electrons. The molecule has 8 heteroatoms. The fourth-order valence-corrected chi connectivity index (χ4v) is 4.09. The Hall–Kier alpha value is -3.94. The molecule has 1 aromatic heterocycles. The molecule has 2 unspecified atom stereocenters. The summed E-state index contributed by atoms with van der Waals surface area (Å²) in [5.74, 6) is -2.21. The van der Waals surface area contributed by atoms with E-state index in [1.807, 2.05) is 29.9 Å². The molecule has 6 nitrogen and oxygen atoms in total. The number of halogens is 2. The van der Waals surface area contributed by atoms with Crippen LogP contribution in [0.4, 0.5) is 8.78 Å². The fraction of sp³-hybridized carbons (Fsp3) is 0.167. The highest BCUT2D eigenvalue weighted by molar-refractivity contribution is 5.91. The highest BCUT2D eigenvalue weighted by Gasteiger charge is 2.39. The minimum atomic E-state index is -1.08. The van der Waals surface area contributed by atoms with Crippen LogP contribution in [-0.2, 0) is 7.05 Å². The van der Waals surface area contributed by atoms with Gasteiger partial charge in [-0.25, -0.2) is 18.6 Å². The van der Waals surface area contributed by atoms with Crippen LogP contribution in [-0.4, -0.2) is 33.7 Å². The number of nitrogens with one attached hydrogen (secondary N) is 1. The maximum Gasteiger partial charge on any atom is 0.336 e. The number of aromatic nitrogens is 1. The van der Waals surface area contributed by atoms with E-state index in [-0.39, 0.29) is 22.9 Å². The van der Waals surface area contributed by atoms with Crippen LogP contribution >= 0.6 is 0 Å². The number of aliphatic imine (C=N–C) groups is 1. The van der Waals surface area contributed by atoms with Gasteiger partial charge in [-0.15, -0.1) is 0 Å². The lowest BCUT2D eigenvalue weighted by molar-refractivity contribution is 0.0695. The monoisotopic (exact) mass is 435 g/mol. The molecule has 0 fully saturated rings. The Morgan fingerprint density at radius 1 is 1.19 bits per heavy atom. The predicted molar refractivity (Wildman–Crippen MR) is 117 cm³/mol. The summed E-state index contributed by atoms with van der Waals surface area (Å²) < 4.78 is 37.9. The summed E-state index contributed by atoms with van der Waals surface area (Å²) >= 11 is 0. The number of carboxylic acid groups (broad SMARTS) is 1. The van der Waals surface area contributed by atoms with Gasteiger partial charge in [-0.2, -0.15) is 0 Å². The first-order valence-corrected chi connectivity index (χ1v) is 10.0. The number of ether oxygens (including phenoxy) is 1. The average Bonchev–Trinajstić information content (AvgIpc) is 3.32.